The number of fused-ring (bicyclic) bond motifs is 1. The zero-order valence-corrected chi connectivity index (χ0v) is 16.1. The zero-order valence-electron chi connectivity index (χ0n) is 16.1. The standard InChI is InChI=1S/C21H25N5O/c1-4-16-10-18-19(24-21(16)27)9-15(12-22-18)13-26-7-5-17(6-8-26)20-23-11-14(2)25(20)3/h5,9-12,18H,4,6-8,13H2,1-3H3. The highest BCUT2D eigenvalue weighted by Crippen LogP contribution is 2.23. The highest BCUT2D eigenvalue weighted by atomic mass is 16.1. The molecule has 4 heterocycles. The lowest BCUT2D eigenvalue weighted by Gasteiger charge is -2.28. The quantitative estimate of drug-likeness (QED) is 0.826. The van der Waals surface area contributed by atoms with Gasteiger partial charge in [-0.3, -0.25) is 14.7 Å². The fourth-order valence-electron chi connectivity index (χ4n) is 3.71. The van der Waals surface area contributed by atoms with Crippen LogP contribution in [0.2, 0.25) is 0 Å². The Balaban J connectivity index is 1.42. The molecule has 3 aliphatic rings. The summed E-state index contributed by atoms with van der Waals surface area (Å²) in [6.45, 7) is 6.74. The molecule has 1 atom stereocenters. The normalized spacial score (nSPS) is 22.8. The zero-order chi connectivity index (χ0) is 19.0. The average Bonchev–Trinajstić information content (AvgIpc) is 3.01. The fraction of sp³-hybridized carbons (Fsp3) is 0.429. The third-order valence-corrected chi connectivity index (χ3v) is 5.49. The van der Waals surface area contributed by atoms with Crippen molar-refractivity contribution in [2.24, 2.45) is 17.0 Å². The van der Waals surface area contributed by atoms with E-state index in [2.05, 4.69) is 44.5 Å². The summed E-state index contributed by atoms with van der Waals surface area (Å²) in [5, 5.41) is 0. The van der Waals surface area contributed by atoms with Gasteiger partial charge in [0.2, 0.25) is 0 Å². The molecule has 0 aliphatic carbocycles. The maximum atomic E-state index is 12.0. The molecule has 1 amide bonds. The average molecular weight is 363 g/mol. The number of carbonyl (C=O) groups excluding carboxylic acids is 1. The van der Waals surface area contributed by atoms with E-state index in [0.29, 0.717) is 6.42 Å². The number of aliphatic imine (C=N–C) groups is 2. The summed E-state index contributed by atoms with van der Waals surface area (Å²) in [6.07, 6.45) is 11.8. The predicted octanol–water partition coefficient (Wildman–Crippen LogP) is 2.51. The number of hydrogen-bond donors (Lipinski definition) is 0. The van der Waals surface area contributed by atoms with Crippen LogP contribution in [0.3, 0.4) is 0 Å². The first kappa shape index (κ1) is 17.8. The number of amides is 1. The van der Waals surface area contributed by atoms with Gasteiger partial charge >= 0.3 is 0 Å². The van der Waals surface area contributed by atoms with Gasteiger partial charge in [0.05, 0.1) is 5.71 Å². The Hall–Kier alpha value is -2.60. The Labute approximate surface area is 159 Å². The van der Waals surface area contributed by atoms with E-state index in [1.165, 1.54) is 11.3 Å². The molecule has 0 saturated heterocycles. The summed E-state index contributed by atoms with van der Waals surface area (Å²) in [5.41, 5.74) is 5.13. The van der Waals surface area contributed by atoms with Crippen LogP contribution in [0.25, 0.3) is 5.57 Å². The van der Waals surface area contributed by atoms with Crippen molar-refractivity contribution in [3.63, 3.8) is 0 Å². The smallest absolute Gasteiger partial charge is 0.272 e. The molecule has 0 bridgehead atoms. The highest BCUT2D eigenvalue weighted by Gasteiger charge is 2.24. The number of nitrogens with zero attached hydrogens (tertiary/aromatic N) is 5. The van der Waals surface area contributed by atoms with Crippen molar-refractivity contribution < 1.29 is 4.79 Å². The molecule has 0 N–H and O–H groups in total. The summed E-state index contributed by atoms with van der Waals surface area (Å²) < 4.78 is 2.15. The van der Waals surface area contributed by atoms with Crippen molar-refractivity contribution >= 4 is 23.4 Å². The minimum atomic E-state index is -0.118. The first-order chi connectivity index (χ1) is 13.0. The SMILES string of the molecule is CCC1=CC2N=CC(CN3CC=C(c4ncc(C)n4C)CC3)=CC2=NC1=O. The van der Waals surface area contributed by atoms with Crippen LogP contribution >= 0.6 is 0 Å². The molecule has 140 valence electrons. The Bertz CT molecular complexity index is 928. The molecule has 1 aromatic heterocycles. The van der Waals surface area contributed by atoms with E-state index in [4.69, 9.17) is 0 Å². The minimum absolute atomic E-state index is 0.0964. The van der Waals surface area contributed by atoms with Crippen molar-refractivity contribution in [3.05, 3.63) is 47.1 Å². The molecule has 0 saturated carbocycles. The van der Waals surface area contributed by atoms with Crippen LogP contribution in [0.1, 0.15) is 31.3 Å². The topological polar surface area (TPSA) is 62.9 Å². The van der Waals surface area contributed by atoms with Crippen molar-refractivity contribution in [2.75, 3.05) is 19.6 Å². The second kappa shape index (κ2) is 7.19. The minimum Gasteiger partial charge on any atom is -0.332 e. The number of aromatic nitrogens is 2. The van der Waals surface area contributed by atoms with Crippen molar-refractivity contribution in [1.29, 1.82) is 0 Å². The summed E-state index contributed by atoms with van der Waals surface area (Å²) >= 11 is 0. The van der Waals surface area contributed by atoms with Gasteiger partial charge in [-0.05, 0) is 43.1 Å². The maximum Gasteiger partial charge on any atom is 0.272 e. The summed E-state index contributed by atoms with van der Waals surface area (Å²) in [7, 11) is 2.06. The molecule has 6 nitrogen and oxygen atoms in total. The van der Waals surface area contributed by atoms with Crippen molar-refractivity contribution in [3.8, 4) is 0 Å². The maximum absolute atomic E-state index is 12.0. The summed E-state index contributed by atoms with van der Waals surface area (Å²) in [6, 6.07) is -0.0964. The van der Waals surface area contributed by atoms with E-state index in [-0.39, 0.29) is 11.9 Å². The Morgan fingerprint density at radius 2 is 2.19 bits per heavy atom. The Morgan fingerprint density at radius 1 is 1.33 bits per heavy atom. The highest BCUT2D eigenvalue weighted by molar-refractivity contribution is 6.16. The van der Waals surface area contributed by atoms with E-state index in [1.54, 1.807) is 0 Å². The predicted molar refractivity (Wildman–Crippen MR) is 108 cm³/mol. The van der Waals surface area contributed by atoms with Crippen LogP contribution in [0.4, 0.5) is 0 Å². The molecule has 1 aromatic rings. The first-order valence-electron chi connectivity index (χ1n) is 9.52. The van der Waals surface area contributed by atoms with Gasteiger partial charge in [0.1, 0.15) is 11.9 Å². The summed E-state index contributed by atoms with van der Waals surface area (Å²) in [4.78, 5) is 27.8. The molecule has 6 heteroatoms. The molecular weight excluding hydrogens is 338 g/mol. The van der Waals surface area contributed by atoms with Gasteiger partial charge in [-0.1, -0.05) is 13.0 Å². The fourth-order valence-corrected chi connectivity index (χ4v) is 3.71. The number of carbonyl (C=O) groups is 1. The summed E-state index contributed by atoms with van der Waals surface area (Å²) in [5.74, 6) is 0.953. The number of dihydropyridines is 2. The number of rotatable bonds is 4. The Kier molecular flexibility index (Phi) is 4.74. The molecule has 0 fully saturated rings. The van der Waals surface area contributed by atoms with Gasteiger partial charge in [0.25, 0.3) is 5.91 Å². The molecule has 1 unspecified atom stereocenters. The van der Waals surface area contributed by atoms with Gasteiger partial charge in [0.15, 0.2) is 0 Å². The second-order valence-electron chi connectivity index (χ2n) is 7.33. The first-order valence-corrected chi connectivity index (χ1v) is 9.52. The van der Waals surface area contributed by atoms with Gasteiger partial charge in [-0.25, -0.2) is 9.98 Å². The molecular formula is C21H25N5O. The van der Waals surface area contributed by atoms with Crippen LogP contribution < -0.4 is 0 Å². The van der Waals surface area contributed by atoms with Crippen LogP contribution in [-0.4, -0.2) is 58.0 Å². The number of hydrogen-bond acceptors (Lipinski definition) is 4. The lowest BCUT2D eigenvalue weighted by Crippen LogP contribution is -2.33. The van der Waals surface area contributed by atoms with E-state index in [0.717, 1.165) is 48.7 Å². The van der Waals surface area contributed by atoms with Gasteiger partial charge in [-0.2, -0.15) is 0 Å². The molecule has 27 heavy (non-hydrogen) atoms. The van der Waals surface area contributed by atoms with E-state index >= 15 is 0 Å². The molecule has 0 aromatic carbocycles. The van der Waals surface area contributed by atoms with E-state index in [1.807, 2.05) is 31.5 Å². The molecule has 4 rings (SSSR count). The van der Waals surface area contributed by atoms with E-state index < -0.39 is 0 Å². The van der Waals surface area contributed by atoms with Gasteiger partial charge in [-0.15, -0.1) is 0 Å². The van der Waals surface area contributed by atoms with Crippen LogP contribution in [0, 0.1) is 6.92 Å². The van der Waals surface area contributed by atoms with Crippen LogP contribution in [-0.2, 0) is 11.8 Å². The monoisotopic (exact) mass is 363 g/mol. The van der Waals surface area contributed by atoms with Gasteiger partial charge in [0, 0.05) is 50.4 Å². The molecule has 3 aliphatic heterocycles. The largest absolute Gasteiger partial charge is 0.332 e. The van der Waals surface area contributed by atoms with Crippen molar-refractivity contribution in [2.45, 2.75) is 32.7 Å². The molecule has 0 spiro atoms. The third kappa shape index (κ3) is 3.49. The number of aryl methyl sites for hydroxylation is 1. The lowest BCUT2D eigenvalue weighted by atomic mass is 9.98. The second-order valence-corrected chi connectivity index (χ2v) is 7.33. The third-order valence-electron chi connectivity index (χ3n) is 5.49. The van der Waals surface area contributed by atoms with E-state index in [9.17, 15) is 4.79 Å². The molecule has 0 radical (unpaired) electrons. The van der Waals surface area contributed by atoms with Gasteiger partial charge < -0.3 is 4.57 Å². The Morgan fingerprint density at radius 3 is 2.85 bits per heavy atom. The number of imidazole rings is 1. The van der Waals surface area contributed by atoms with Crippen molar-refractivity contribution in [1.82, 2.24) is 14.5 Å². The lowest BCUT2D eigenvalue weighted by molar-refractivity contribution is -0.114. The van der Waals surface area contributed by atoms with Crippen LogP contribution in [0.15, 0.2) is 45.6 Å². The van der Waals surface area contributed by atoms with Crippen LogP contribution in [0.5, 0.6) is 0 Å².